The highest BCUT2D eigenvalue weighted by atomic mass is 32.2. The summed E-state index contributed by atoms with van der Waals surface area (Å²) in [6.07, 6.45) is 2.74. The molecule has 2 heterocycles. The first-order valence-corrected chi connectivity index (χ1v) is 7.91. The van der Waals surface area contributed by atoms with Crippen LogP contribution in [0, 0.1) is 13.8 Å². The molecule has 0 bridgehead atoms. The molecule has 104 valence electrons. The molecule has 0 aliphatic carbocycles. The molecular formula is C10H15N5O2S2. The molecule has 2 rings (SSSR count). The van der Waals surface area contributed by atoms with Crippen molar-refractivity contribution < 1.29 is 8.42 Å². The van der Waals surface area contributed by atoms with E-state index in [-0.39, 0.29) is 4.90 Å². The number of rotatable bonds is 5. The molecule has 0 fully saturated rings. The minimum absolute atomic E-state index is 0.103. The Labute approximate surface area is 115 Å². The van der Waals surface area contributed by atoms with Gasteiger partial charge in [-0.1, -0.05) is 0 Å². The standard InChI is InChI=1S/C10H15N5O2S2/c1-7-8(2)18-10(13-7)14-19(16,17)9-5-12-15(6-9)4-3-11/h5-6H,3-4,11H2,1-2H3,(H,13,14). The Morgan fingerprint density at radius 1 is 1.47 bits per heavy atom. The topological polar surface area (TPSA) is 103 Å². The van der Waals surface area contributed by atoms with E-state index >= 15 is 0 Å². The van der Waals surface area contributed by atoms with Gasteiger partial charge < -0.3 is 5.73 Å². The summed E-state index contributed by atoms with van der Waals surface area (Å²) in [5.74, 6) is 0. The van der Waals surface area contributed by atoms with Crippen molar-refractivity contribution in [3.05, 3.63) is 23.0 Å². The van der Waals surface area contributed by atoms with Crippen molar-refractivity contribution in [3.8, 4) is 0 Å². The third-order valence-electron chi connectivity index (χ3n) is 2.53. The summed E-state index contributed by atoms with van der Waals surface area (Å²) in [6.45, 7) is 4.61. The summed E-state index contributed by atoms with van der Waals surface area (Å²) in [6, 6.07) is 0. The average Bonchev–Trinajstić information content (AvgIpc) is 2.88. The van der Waals surface area contributed by atoms with Crippen LogP contribution in [0.15, 0.2) is 17.3 Å². The Kier molecular flexibility index (Phi) is 3.88. The van der Waals surface area contributed by atoms with Crippen molar-refractivity contribution in [2.75, 3.05) is 11.3 Å². The van der Waals surface area contributed by atoms with E-state index in [1.165, 1.54) is 28.4 Å². The first kappa shape index (κ1) is 14.0. The van der Waals surface area contributed by atoms with E-state index < -0.39 is 10.0 Å². The lowest BCUT2D eigenvalue weighted by molar-refractivity contribution is 0.599. The van der Waals surface area contributed by atoms with Gasteiger partial charge in [0.25, 0.3) is 10.0 Å². The average molecular weight is 301 g/mol. The Hall–Kier alpha value is -1.45. The zero-order valence-corrected chi connectivity index (χ0v) is 12.3. The van der Waals surface area contributed by atoms with Crippen molar-refractivity contribution in [2.45, 2.75) is 25.3 Å². The molecule has 0 saturated heterocycles. The Morgan fingerprint density at radius 3 is 2.79 bits per heavy atom. The van der Waals surface area contributed by atoms with Crippen molar-refractivity contribution in [1.29, 1.82) is 0 Å². The van der Waals surface area contributed by atoms with Crippen LogP contribution in [0.5, 0.6) is 0 Å². The van der Waals surface area contributed by atoms with E-state index in [0.717, 1.165) is 10.6 Å². The van der Waals surface area contributed by atoms with Crippen LogP contribution in [-0.2, 0) is 16.6 Å². The molecule has 0 aromatic carbocycles. The third kappa shape index (κ3) is 3.11. The molecule has 3 N–H and O–H groups in total. The number of nitrogens with two attached hydrogens (primary N) is 1. The normalized spacial score (nSPS) is 11.7. The zero-order valence-electron chi connectivity index (χ0n) is 10.6. The van der Waals surface area contributed by atoms with Crippen LogP contribution in [0.2, 0.25) is 0 Å². The minimum atomic E-state index is -3.64. The molecule has 2 aromatic rings. The van der Waals surface area contributed by atoms with Crippen LogP contribution in [-0.4, -0.2) is 29.7 Å². The summed E-state index contributed by atoms with van der Waals surface area (Å²) in [5, 5.41) is 4.30. The van der Waals surface area contributed by atoms with Gasteiger partial charge in [0.05, 0.1) is 18.4 Å². The molecule has 0 aliphatic rings. The summed E-state index contributed by atoms with van der Waals surface area (Å²) >= 11 is 1.30. The molecule has 0 atom stereocenters. The van der Waals surface area contributed by atoms with Crippen LogP contribution in [0.4, 0.5) is 5.13 Å². The van der Waals surface area contributed by atoms with E-state index in [4.69, 9.17) is 5.73 Å². The molecular weight excluding hydrogens is 286 g/mol. The van der Waals surface area contributed by atoms with Gasteiger partial charge in [-0.2, -0.15) is 5.10 Å². The van der Waals surface area contributed by atoms with Gasteiger partial charge in [0, 0.05) is 17.6 Å². The van der Waals surface area contributed by atoms with Gasteiger partial charge in [-0.05, 0) is 13.8 Å². The first-order valence-electron chi connectivity index (χ1n) is 5.62. The van der Waals surface area contributed by atoms with Crippen LogP contribution in [0.3, 0.4) is 0 Å². The number of hydrogen-bond donors (Lipinski definition) is 2. The summed E-state index contributed by atoms with van der Waals surface area (Å²) in [4.78, 5) is 5.23. The number of hydrogen-bond acceptors (Lipinski definition) is 6. The third-order valence-corrected chi connectivity index (χ3v) is 4.94. The lowest BCUT2D eigenvalue weighted by Gasteiger charge is -2.01. The molecule has 0 amide bonds. The van der Waals surface area contributed by atoms with Gasteiger partial charge in [0.2, 0.25) is 0 Å². The van der Waals surface area contributed by atoms with E-state index in [9.17, 15) is 8.42 Å². The van der Waals surface area contributed by atoms with Gasteiger partial charge in [0.1, 0.15) is 4.90 Å². The second-order valence-corrected chi connectivity index (χ2v) is 6.88. The highest BCUT2D eigenvalue weighted by molar-refractivity contribution is 7.93. The van der Waals surface area contributed by atoms with Gasteiger partial charge in [-0.15, -0.1) is 11.3 Å². The monoisotopic (exact) mass is 301 g/mol. The number of sulfonamides is 1. The smallest absolute Gasteiger partial charge is 0.266 e. The van der Waals surface area contributed by atoms with Crippen molar-refractivity contribution in [3.63, 3.8) is 0 Å². The van der Waals surface area contributed by atoms with E-state index in [1.807, 2.05) is 13.8 Å². The fourth-order valence-corrected chi connectivity index (χ4v) is 3.43. The molecule has 0 spiro atoms. The second-order valence-electron chi connectivity index (χ2n) is 3.99. The largest absolute Gasteiger partial charge is 0.329 e. The van der Waals surface area contributed by atoms with Crippen molar-refractivity contribution in [2.24, 2.45) is 5.73 Å². The summed E-state index contributed by atoms with van der Waals surface area (Å²) in [7, 11) is -3.64. The van der Waals surface area contributed by atoms with Crippen LogP contribution in [0.1, 0.15) is 10.6 Å². The Bertz CT molecular complexity index is 654. The molecule has 7 nitrogen and oxygen atoms in total. The maximum atomic E-state index is 12.1. The molecule has 0 radical (unpaired) electrons. The van der Waals surface area contributed by atoms with E-state index in [1.54, 1.807) is 0 Å². The van der Waals surface area contributed by atoms with Gasteiger partial charge >= 0.3 is 0 Å². The lowest BCUT2D eigenvalue weighted by Crippen LogP contribution is -2.13. The molecule has 2 aromatic heterocycles. The summed E-state index contributed by atoms with van der Waals surface area (Å²) < 4.78 is 28.2. The fraction of sp³-hybridized carbons (Fsp3) is 0.400. The maximum absolute atomic E-state index is 12.1. The van der Waals surface area contributed by atoms with Crippen LogP contribution >= 0.6 is 11.3 Å². The van der Waals surface area contributed by atoms with Crippen molar-refractivity contribution >= 4 is 26.5 Å². The van der Waals surface area contributed by atoms with Gasteiger partial charge in [-0.25, -0.2) is 13.4 Å². The van der Waals surface area contributed by atoms with Crippen molar-refractivity contribution in [1.82, 2.24) is 14.8 Å². The van der Waals surface area contributed by atoms with E-state index in [2.05, 4.69) is 14.8 Å². The number of nitrogens with one attached hydrogen (secondary N) is 1. The highest BCUT2D eigenvalue weighted by Gasteiger charge is 2.18. The number of nitrogens with zero attached hydrogens (tertiary/aromatic N) is 3. The molecule has 0 saturated carbocycles. The lowest BCUT2D eigenvalue weighted by atomic mass is 10.4. The second kappa shape index (κ2) is 5.27. The quantitative estimate of drug-likeness (QED) is 0.847. The Balaban J connectivity index is 2.21. The highest BCUT2D eigenvalue weighted by Crippen LogP contribution is 2.23. The fourth-order valence-electron chi connectivity index (χ4n) is 1.43. The van der Waals surface area contributed by atoms with Gasteiger partial charge in [0.15, 0.2) is 5.13 Å². The molecule has 19 heavy (non-hydrogen) atoms. The maximum Gasteiger partial charge on any atom is 0.266 e. The Morgan fingerprint density at radius 2 is 2.21 bits per heavy atom. The van der Waals surface area contributed by atoms with Gasteiger partial charge in [-0.3, -0.25) is 9.40 Å². The number of aryl methyl sites for hydroxylation is 2. The van der Waals surface area contributed by atoms with Crippen LogP contribution < -0.4 is 10.5 Å². The molecule has 0 aliphatic heterocycles. The number of anilines is 1. The first-order chi connectivity index (χ1) is 8.92. The minimum Gasteiger partial charge on any atom is -0.329 e. The predicted octanol–water partition coefficient (Wildman–Crippen LogP) is 0.716. The van der Waals surface area contributed by atoms with Crippen LogP contribution in [0.25, 0.3) is 0 Å². The molecule has 9 heteroatoms. The SMILES string of the molecule is Cc1nc(NS(=O)(=O)c2cnn(CCN)c2)sc1C. The number of aromatic nitrogens is 3. The predicted molar refractivity (Wildman–Crippen MR) is 73.7 cm³/mol. The molecule has 0 unspecified atom stereocenters. The zero-order chi connectivity index (χ0) is 14.0. The van der Waals surface area contributed by atoms with E-state index in [0.29, 0.717) is 18.2 Å². The number of thiazole rings is 1. The summed E-state index contributed by atoms with van der Waals surface area (Å²) in [5.41, 5.74) is 6.21.